The molecular formula is C31H41N3O7. The predicted octanol–water partition coefficient (Wildman–Crippen LogP) is 3.68. The molecule has 10 nitrogen and oxygen atoms in total. The molecule has 1 aliphatic rings. The summed E-state index contributed by atoms with van der Waals surface area (Å²) in [6.45, 7) is 5.63. The van der Waals surface area contributed by atoms with Crippen molar-refractivity contribution < 1.29 is 33.8 Å². The number of benzene rings is 2. The van der Waals surface area contributed by atoms with E-state index in [1.165, 1.54) is 4.90 Å². The van der Waals surface area contributed by atoms with Crippen LogP contribution in [0.2, 0.25) is 0 Å². The summed E-state index contributed by atoms with van der Waals surface area (Å²) in [5.41, 5.74) is 1.32. The Bertz CT molecular complexity index is 1150. The maximum Gasteiger partial charge on any atom is 0.408 e. The Hall–Kier alpha value is -3.92. The molecule has 3 rings (SSSR count). The number of aliphatic carboxylic acids is 1. The maximum atomic E-state index is 13.6. The number of nitrogens with zero attached hydrogens (tertiary/aromatic N) is 1. The SMILES string of the molecule is CC(C)(C)OC(=O)N[C@@H](CCOCc1ccccc1)C(=O)N1C[C@H](NC(=O)CCCc2ccccc2)C[C@H]1C(=O)O. The molecule has 222 valence electrons. The third kappa shape index (κ3) is 10.9. The van der Waals surface area contributed by atoms with Crippen molar-refractivity contribution in [2.24, 2.45) is 0 Å². The van der Waals surface area contributed by atoms with E-state index in [9.17, 15) is 24.3 Å². The number of carbonyl (C=O) groups is 4. The number of hydrogen-bond donors (Lipinski definition) is 3. The molecule has 2 aromatic carbocycles. The number of carboxylic acids is 1. The Kier molecular flexibility index (Phi) is 11.7. The number of alkyl carbamates (subject to hydrolysis) is 1. The summed E-state index contributed by atoms with van der Waals surface area (Å²) in [7, 11) is 0. The minimum Gasteiger partial charge on any atom is -0.480 e. The van der Waals surface area contributed by atoms with Gasteiger partial charge in [0.2, 0.25) is 11.8 Å². The van der Waals surface area contributed by atoms with E-state index in [2.05, 4.69) is 10.6 Å². The fourth-order valence-corrected chi connectivity index (χ4v) is 4.69. The van der Waals surface area contributed by atoms with Crippen LogP contribution in [0.25, 0.3) is 0 Å². The first-order valence-corrected chi connectivity index (χ1v) is 14.0. The number of carbonyl (C=O) groups excluding carboxylic acids is 3. The Morgan fingerprint density at radius 1 is 1.00 bits per heavy atom. The van der Waals surface area contributed by atoms with Crippen LogP contribution in [0.1, 0.15) is 57.6 Å². The smallest absolute Gasteiger partial charge is 0.408 e. The van der Waals surface area contributed by atoms with Gasteiger partial charge in [-0.3, -0.25) is 9.59 Å². The zero-order valence-corrected chi connectivity index (χ0v) is 24.0. The zero-order valence-electron chi connectivity index (χ0n) is 24.0. The van der Waals surface area contributed by atoms with Gasteiger partial charge in [-0.15, -0.1) is 0 Å². The summed E-state index contributed by atoms with van der Waals surface area (Å²) in [6.07, 6.45) is 1.11. The molecular weight excluding hydrogens is 526 g/mol. The lowest BCUT2D eigenvalue weighted by Gasteiger charge is -2.28. The van der Waals surface area contributed by atoms with Crippen molar-refractivity contribution >= 4 is 23.9 Å². The first kappa shape index (κ1) is 31.6. The van der Waals surface area contributed by atoms with Gasteiger partial charge in [0.25, 0.3) is 0 Å². The molecule has 10 heteroatoms. The molecule has 3 amide bonds. The minimum atomic E-state index is -1.17. The van der Waals surface area contributed by atoms with Crippen LogP contribution in [0.3, 0.4) is 0 Å². The van der Waals surface area contributed by atoms with Crippen LogP contribution < -0.4 is 10.6 Å². The number of likely N-dealkylation sites (tertiary alicyclic amines) is 1. The standard InChI is InChI=1S/C31H41N3O7/c1-31(2,3)41-30(39)33-25(17-18-40-21-23-13-8-5-9-14-23)28(36)34-20-24(19-26(34)29(37)38)32-27(35)16-10-15-22-11-6-4-7-12-22/h4-9,11-14,24-26H,10,15-21H2,1-3H3,(H,32,35)(H,33,39)(H,37,38)/t24-,25+,26+/m1/s1. The van der Waals surface area contributed by atoms with Gasteiger partial charge in [-0.2, -0.15) is 0 Å². The topological polar surface area (TPSA) is 134 Å². The van der Waals surface area contributed by atoms with Crippen molar-refractivity contribution in [1.82, 2.24) is 15.5 Å². The Morgan fingerprint density at radius 2 is 1.63 bits per heavy atom. The van der Waals surface area contributed by atoms with Crippen LogP contribution in [0.5, 0.6) is 0 Å². The molecule has 0 aromatic heterocycles. The highest BCUT2D eigenvalue weighted by Crippen LogP contribution is 2.21. The Balaban J connectivity index is 1.60. The second-order valence-electron chi connectivity index (χ2n) is 11.2. The number of rotatable bonds is 13. The van der Waals surface area contributed by atoms with Crippen molar-refractivity contribution in [2.45, 2.75) is 83.2 Å². The van der Waals surface area contributed by atoms with Gasteiger partial charge in [0.1, 0.15) is 17.7 Å². The highest BCUT2D eigenvalue weighted by molar-refractivity contribution is 5.90. The van der Waals surface area contributed by atoms with E-state index in [0.717, 1.165) is 17.5 Å². The van der Waals surface area contributed by atoms with Gasteiger partial charge in [-0.25, -0.2) is 9.59 Å². The van der Waals surface area contributed by atoms with Crippen LogP contribution in [0.4, 0.5) is 4.79 Å². The lowest BCUT2D eigenvalue weighted by molar-refractivity contribution is -0.149. The molecule has 3 N–H and O–H groups in total. The fraction of sp³-hybridized carbons (Fsp3) is 0.484. The number of ether oxygens (including phenoxy) is 2. The highest BCUT2D eigenvalue weighted by Gasteiger charge is 2.42. The summed E-state index contributed by atoms with van der Waals surface area (Å²) in [5, 5.41) is 15.3. The average Bonchev–Trinajstić information content (AvgIpc) is 3.34. The van der Waals surface area contributed by atoms with Crippen LogP contribution >= 0.6 is 0 Å². The summed E-state index contributed by atoms with van der Waals surface area (Å²) in [4.78, 5) is 52.1. The van der Waals surface area contributed by atoms with Gasteiger partial charge in [0.15, 0.2) is 0 Å². The largest absolute Gasteiger partial charge is 0.480 e. The molecule has 0 bridgehead atoms. The molecule has 1 heterocycles. The molecule has 0 aliphatic carbocycles. The monoisotopic (exact) mass is 567 g/mol. The van der Waals surface area contributed by atoms with E-state index in [1.54, 1.807) is 20.8 Å². The summed E-state index contributed by atoms with van der Waals surface area (Å²) >= 11 is 0. The summed E-state index contributed by atoms with van der Waals surface area (Å²) in [6, 6.07) is 16.7. The quantitative estimate of drug-likeness (QED) is 0.314. The van der Waals surface area contributed by atoms with E-state index in [1.807, 2.05) is 60.7 Å². The van der Waals surface area contributed by atoms with Crippen LogP contribution in [-0.4, -0.2) is 70.8 Å². The maximum absolute atomic E-state index is 13.6. The number of hydrogen-bond acceptors (Lipinski definition) is 6. The average molecular weight is 568 g/mol. The van der Waals surface area contributed by atoms with E-state index in [-0.39, 0.29) is 31.9 Å². The van der Waals surface area contributed by atoms with Gasteiger partial charge in [-0.05, 0) is 44.7 Å². The lowest BCUT2D eigenvalue weighted by Crippen LogP contribution is -2.53. The molecule has 41 heavy (non-hydrogen) atoms. The second-order valence-corrected chi connectivity index (χ2v) is 11.2. The normalized spacial score (nSPS) is 17.5. The van der Waals surface area contributed by atoms with Crippen LogP contribution in [-0.2, 0) is 36.9 Å². The van der Waals surface area contributed by atoms with E-state index in [0.29, 0.717) is 19.4 Å². The molecule has 1 aliphatic heterocycles. The van der Waals surface area contributed by atoms with E-state index in [4.69, 9.17) is 9.47 Å². The van der Waals surface area contributed by atoms with Crippen molar-refractivity contribution in [2.75, 3.05) is 13.2 Å². The van der Waals surface area contributed by atoms with Gasteiger partial charge in [-0.1, -0.05) is 60.7 Å². The molecule has 3 atom stereocenters. The number of carboxylic acid groups (broad SMARTS) is 1. The molecule has 2 aromatic rings. The minimum absolute atomic E-state index is 0.0254. The third-order valence-corrected chi connectivity index (χ3v) is 6.60. The van der Waals surface area contributed by atoms with E-state index >= 15 is 0 Å². The van der Waals surface area contributed by atoms with Crippen molar-refractivity contribution in [3.8, 4) is 0 Å². The van der Waals surface area contributed by atoms with Gasteiger partial charge in [0, 0.05) is 38.5 Å². The third-order valence-electron chi connectivity index (χ3n) is 6.60. The number of amides is 3. The molecule has 0 saturated carbocycles. The lowest BCUT2D eigenvalue weighted by atomic mass is 10.1. The molecule has 1 saturated heterocycles. The Labute approximate surface area is 241 Å². The predicted molar refractivity (Wildman–Crippen MR) is 153 cm³/mol. The van der Waals surface area contributed by atoms with Crippen LogP contribution in [0.15, 0.2) is 60.7 Å². The van der Waals surface area contributed by atoms with Crippen LogP contribution in [0, 0.1) is 0 Å². The first-order valence-electron chi connectivity index (χ1n) is 14.0. The Morgan fingerprint density at radius 3 is 2.24 bits per heavy atom. The molecule has 0 radical (unpaired) electrons. The number of nitrogens with one attached hydrogen (secondary N) is 2. The summed E-state index contributed by atoms with van der Waals surface area (Å²) in [5.74, 6) is -1.93. The summed E-state index contributed by atoms with van der Waals surface area (Å²) < 4.78 is 11.1. The number of aryl methyl sites for hydroxylation is 1. The molecule has 1 fully saturated rings. The van der Waals surface area contributed by atoms with Crippen molar-refractivity contribution in [3.63, 3.8) is 0 Å². The zero-order chi connectivity index (χ0) is 29.8. The van der Waals surface area contributed by atoms with Gasteiger partial charge >= 0.3 is 12.1 Å². The van der Waals surface area contributed by atoms with Crippen molar-refractivity contribution in [3.05, 3.63) is 71.8 Å². The van der Waals surface area contributed by atoms with E-state index < -0.39 is 41.7 Å². The van der Waals surface area contributed by atoms with Crippen molar-refractivity contribution in [1.29, 1.82) is 0 Å². The highest BCUT2D eigenvalue weighted by atomic mass is 16.6. The second kappa shape index (κ2) is 15.2. The fourth-order valence-electron chi connectivity index (χ4n) is 4.69. The first-order chi connectivity index (χ1) is 19.5. The molecule has 0 unspecified atom stereocenters. The van der Waals surface area contributed by atoms with Gasteiger partial charge in [0.05, 0.1) is 6.61 Å². The molecule has 0 spiro atoms. The van der Waals surface area contributed by atoms with Gasteiger partial charge < -0.3 is 30.1 Å².